The van der Waals surface area contributed by atoms with E-state index in [0.717, 1.165) is 0 Å². The van der Waals surface area contributed by atoms with Crippen molar-refractivity contribution in [1.29, 1.82) is 0 Å². The van der Waals surface area contributed by atoms with Gasteiger partial charge in [-0.2, -0.15) is 0 Å². The summed E-state index contributed by atoms with van der Waals surface area (Å²) in [6.45, 7) is 4.82. The van der Waals surface area contributed by atoms with Crippen LogP contribution >= 0.6 is 0 Å². The van der Waals surface area contributed by atoms with Crippen LogP contribution in [0.5, 0.6) is 0 Å². The van der Waals surface area contributed by atoms with Crippen molar-refractivity contribution in [2.24, 2.45) is 5.92 Å². The highest BCUT2D eigenvalue weighted by molar-refractivity contribution is 7.90. The second kappa shape index (κ2) is 4.31. The number of hydrogen-bond donors (Lipinski definition) is 2. The number of nitrogens with one attached hydrogen (secondary N) is 1. The molecule has 1 aliphatic heterocycles. The highest BCUT2D eigenvalue weighted by atomic mass is 32.2. The van der Waals surface area contributed by atoms with E-state index in [-0.39, 0.29) is 13.2 Å². The summed E-state index contributed by atoms with van der Waals surface area (Å²) in [5.41, 5.74) is 0. The van der Waals surface area contributed by atoms with Crippen molar-refractivity contribution in [3.63, 3.8) is 0 Å². The minimum absolute atomic E-state index is 0.0483. The maximum atomic E-state index is 11.8. The number of carboxylic acids is 1. The van der Waals surface area contributed by atoms with Crippen molar-refractivity contribution >= 4 is 16.0 Å². The fourth-order valence-electron chi connectivity index (χ4n) is 1.29. The van der Waals surface area contributed by atoms with Crippen molar-refractivity contribution in [3.8, 4) is 0 Å². The predicted octanol–water partition coefficient (Wildman–Crippen LogP) is -0.196. The first-order valence-corrected chi connectivity index (χ1v) is 6.46. The molecule has 0 spiro atoms. The van der Waals surface area contributed by atoms with Gasteiger partial charge in [0.2, 0.25) is 10.0 Å². The smallest absolute Gasteiger partial charge is 0.310 e. The monoisotopic (exact) mass is 251 g/mol. The predicted molar refractivity (Wildman–Crippen MR) is 57.5 cm³/mol. The van der Waals surface area contributed by atoms with Gasteiger partial charge >= 0.3 is 5.97 Å². The number of ether oxygens (including phenoxy) is 1. The summed E-state index contributed by atoms with van der Waals surface area (Å²) in [4.78, 5) is 10.8. The van der Waals surface area contributed by atoms with Gasteiger partial charge in [-0.1, -0.05) is 0 Å². The standard InChI is InChI=1S/C9H17NO5S/c1-9(2,3)16(13,14)10-7-5-15-4-6(7)8(11)12/h6-7,10H,4-5H2,1-3H3,(H,11,12). The van der Waals surface area contributed by atoms with Crippen LogP contribution in [0.1, 0.15) is 20.8 Å². The summed E-state index contributed by atoms with van der Waals surface area (Å²) in [5.74, 6) is -1.85. The van der Waals surface area contributed by atoms with Crippen LogP contribution in [0.3, 0.4) is 0 Å². The van der Waals surface area contributed by atoms with Gasteiger partial charge in [0.05, 0.1) is 29.9 Å². The molecule has 2 unspecified atom stereocenters. The molecule has 1 heterocycles. The van der Waals surface area contributed by atoms with Gasteiger partial charge in [0.15, 0.2) is 0 Å². The Morgan fingerprint density at radius 2 is 1.94 bits per heavy atom. The quantitative estimate of drug-likeness (QED) is 0.725. The first kappa shape index (κ1) is 13.4. The Kier molecular flexibility index (Phi) is 3.61. The normalized spacial score (nSPS) is 26.9. The molecule has 0 aliphatic carbocycles. The summed E-state index contributed by atoms with van der Waals surface area (Å²) in [6, 6.07) is -0.679. The zero-order valence-electron chi connectivity index (χ0n) is 9.56. The van der Waals surface area contributed by atoms with Crippen LogP contribution in [0.4, 0.5) is 0 Å². The highest BCUT2D eigenvalue weighted by Crippen LogP contribution is 2.19. The summed E-state index contributed by atoms with van der Waals surface area (Å²) in [6.07, 6.45) is 0. The lowest BCUT2D eigenvalue weighted by Gasteiger charge is -2.23. The van der Waals surface area contributed by atoms with Gasteiger partial charge in [-0.25, -0.2) is 13.1 Å². The lowest BCUT2D eigenvalue weighted by Crippen LogP contribution is -2.48. The van der Waals surface area contributed by atoms with Crippen molar-refractivity contribution < 1.29 is 23.1 Å². The van der Waals surface area contributed by atoms with E-state index in [0.29, 0.717) is 0 Å². The third kappa shape index (κ3) is 2.72. The molecule has 94 valence electrons. The molecule has 7 heteroatoms. The molecule has 16 heavy (non-hydrogen) atoms. The molecule has 0 bridgehead atoms. The SMILES string of the molecule is CC(C)(C)S(=O)(=O)NC1COCC1C(=O)O. The zero-order valence-corrected chi connectivity index (χ0v) is 10.4. The molecule has 1 rings (SSSR count). The first-order valence-electron chi connectivity index (χ1n) is 4.97. The molecule has 0 amide bonds. The van der Waals surface area contributed by atoms with Crippen LogP contribution in [-0.2, 0) is 19.6 Å². The van der Waals surface area contributed by atoms with Crippen LogP contribution in [0.2, 0.25) is 0 Å². The Hall–Kier alpha value is -0.660. The minimum Gasteiger partial charge on any atom is -0.481 e. The minimum atomic E-state index is -3.54. The maximum Gasteiger partial charge on any atom is 0.310 e. The molecule has 1 aliphatic rings. The third-order valence-electron chi connectivity index (χ3n) is 2.51. The van der Waals surface area contributed by atoms with Gasteiger partial charge in [-0.15, -0.1) is 0 Å². The van der Waals surface area contributed by atoms with E-state index in [1.807, 2.05) is 0 Å². The molecular formula is C9H17NO5S. The van der Waals surface area contributed by atoms with Gasteiger partial charge in [0.25, 0.3) is 0 Å². The van der Waals surface area contributed by atoms with Crippen molar-refractivity contribution in [2.45, 2.75) is 31.6 Å². The Morgan fingerprint density at radius 3 is 2.38 bits per heavy atom. The van der Waals surface area contributed by atoms with E-state index < -0.39 is 32.7 Å². The van der Waals surface area contributed by atoms with E-state index >= 15 is 0 Å². The number of carbonyl (C=O) groups is 1. The van der Waals surface area contributed by atoms with Crippen molar-refractivity contribution in [3.05, 3.63) is 0 Å². The largest absolute Gasteiger partial charge is 0.481 e. The highest BCUT2D eigenvalue weighted by Gasteiger charge is 2.39. The van der Waals surface area contributed by atoms with Crippen LogP contribution in [-0.4, -0.2) is 43.5 Å². The zero-order chi connectivity index (χ0) is 12.6. The summed E-state index contributed by atoms with van der Waals surface area (Å²) < 4.78 is 30.0. The number of hydrogen-bond acceptors (Lipinski definition) is 4. The van der Waals surface area contributed by atoms with E-state index in [4.69, 9.17) is 9.84 Å². The van der Waals surface area contributed by atoms with Gasteiger partial charge in [-0.05, 0) is 20.8 Å². The van der Waals surface area contributed by atoms with Gasteiger partial charge in [0.1, 0.15) is 0 Å². The second-order valence-corrected chi connectivity index (χ2v) is 7.29. The first-order chi connectivity index (χ1) is 7.15. The van der Waals surface area contributed by atoms with E-state index in [9.17, 15) is 13.2 Å². The van der Waals surface area contributed by atoms with Gasteiger partial charge in [-0.3, -0.25) is 4.79 Å². The third-order valence-corrected chi connectivity index (χ3v) is 4.74. The number of carboxylic acid groups (broad SMARTS) is 1. The Balaban J connectivity index is 2.79. The molecule has 0 saturated carbocycles. The molecule has 6 nitrogen and oxygen atoms in total. The molecule has 0 aromatic heterocycles. The molecule has 0 radical (unpaired) electrons. The van der Waals surface area contributed by atoms with Crippen LogP contribution < -0.4 is 4.72 Å². The van der Waals surface area contributed by atoms with E-state index in [2.05, 4.69) is 4.72 Å². The second-order valence-electron chi connectivity index (χ2n) is 4.82. The Labute approximate surface area is 95.0 Å². The molecule has 1 fully saturated rings. The van der Waals surface area contributed by atoms with Gasteiger partial charge in [0, 0.05) is 0 Å². The number of rotatable bonds is 3. The van der Waals surface area contributed by atoms with Crippen LogP contribution in [0, 0.1) is 5.92 Å². The molecule has 0 aromatic rings. The summed E-state index contributed by atoms with van der Waals surface area (Å²) in [5, 5.41) is 8.87. The molecular weight excluding hydrogens is 234 g/mol. The number of sulfonamides is 1. The fraction of sp³-hybridized carbons (Fsp3) is 0.889. The number of aliphatic carboxylic acids is 1. The van der Waals surface area contributed by atoms with Crippen LogP contribution in [0.15, 0.2) is 0 Å². The van der Waals surface area contributed by atoms with E-state index in [1.165, 1.54) is 0 Å². The molecule has 1 saturated heterocycles. The topological polar surface area (TPSA) is 92.7 Å². The van der Waals surface area contributed by atoms with Crippen molar-refractivity contribution in [2.75, 3.05) is 13.2 Å². The average molecular weight is 251 g/mol. The molecule has 2 N–H and O–H groups in total. The van der Waals surface area contributed by atoms with Crippen LogP contribution in [0.25, 0.3) is 0 Å². The Bertz CT molecular complexity index is 370. The average Bonchev–Trinajstić information content (AvgIpc) is 2.49. The summed E-state index contributed by atoms with van der Waals surface area (Å²) >= 11 is 0. The molecule has 2 atom stereocenters. The summed E-state index contributed by atoms with van der Waals surface area (Å²) in [7, 11) is -3.54. The van der Waals surface area contributed by atoms with Crippen molar-refractivity contribution in [1.82, 2.24) is 4.72 Å². The molecule has 0 aromatic carbocycles. The lowest BCUT2D eigenvalue weighted by atomic mass is 10.1. The maximum absolute atomic E-state index is 11.8. The Morgan fingerprint density at radius 1 is 1.38 bits per heavy atom. The van der Waals surface area contributed by atoms with Gasteiger partial charge < -0.3 is 9.84 Å². The van der Waals surface area contributed by atoms with E-state index in [1.54, 1.807) is 20.8 Å². The fourth-order valence-corrected chi connectivity index (χ4v) is 2.27. The lowest BCUT2D eigenvalue weighted by molar-refractivity contribution is -0.142.